The predicted molar refractivity (Wildman–Crippen MR) is 146 cm³/mol. The number of para-hydroxylation sites is 1. The van der Waals surface area contributed by atoms with Gasteiger partial charge in [-0.05, 0) is 18.6 Å². The molecule has 0 aliphatic heterocycles. The Morgan fingerprint density at radius 2 is 1.89 bits per heavy atom. The molecule has 0 spiro atoms. The molecule has 0 aliphatic rings. The average Bonchev–Trinajstić information content (AvgIpc) is 3.54. The number of nitrogens with one attached hydrogen (secondary N) is 2. The number of hydrogen-bond acceptors (Lipinski definition) is 9. The van der Waals surface area contributed by atoms with Crippen LogP contribution in [0.15, 0.2) is 43.1 Å². The fourth-order valence-corrected chi connectivity index (χ4v) is 4.07. The molecule has 38 heavy (non-hydrogen) atoms. The summed E-state index contributed by atoms with van der Waals surface area (Å²) in [5.74, 6) is 0.869. The third-order valence-corrected chi connectivity index (χ3v) is 6.00. The molecule has 0 atom stereocenters. The Labute approximate surface area is 221 Å². The highest BCUT2D eigenvalue weighted by molar-refractivity contribution is 5.98. The zero-order valence-corrected chi connectivity index (χ0v) is 22.0. The monoisotopic (exact) mass is 518 g/mol. The smallest absolute Gasteiger partial charge is 0.254 e. The van der Waals surface area contributed by atoms with Gasteiger partial charge in [0.2, 0.25) is 5.95 Å². The van der Waals surface area contributed by atoms with Crippen molar-refractivity contribution in [2.45, 2.75) is 52.0 Å². The van der Waals surface area contributed by atoms with Gasteiger partial charge < -0.3 is 21.1 Å². The fourth-order valence-electron chi connectivity index (χ4n) is 4.07. The SMILES string of the molecule is CCCCCCCCn1cc(Nc2ncc(C(N)=O)c(Nc3cccc(-c4ncn(C)n4)c3OC)n2)cn1. The average molecular weight is 519 g/mol. The maximum Gasteiger partial charge on any atom is 0.254 e. The lowest BCUT2D eigenvalue weighted by molar-refractivity contribution is 0.100. The van der Waals surface area contributed by atoms with E-state index in [2.05, 4.69) is 42.7 Å². The van der Waals surface area contributed by atoms with Crippen molar-refractivity contribution in [3.8, 4) is 17.1 Å². The maximum absolute atomic E-state index is 12.1. The van der Waals surface area contributed by atoms with Crippen LogP contribution in [0, 0.1) is 0 Å². The molecule has 4 rings (SSSR count). The molecule has 3 heterocycles. The molecule has 3 aromatic heterocycles. The van der Waals surface area contributed by atoms with Gasteiger partial charge in [-0.2, -0.15) is 15.2 Å². The normalized spacial score (nSPS) is 10.9. The number of aromatic nitrogens is 7. The zero-order valence-electron chi connectivity index (χ0n) is 22.0. The van der Waals surface area contributed by atoms with Gasteiger partial charge >= 0.3 is 0 Å². The number of primary amides is 1. The first-order valence-electron chi connectivity index (χ1n) is 12.7. The van der Waals surface area contributed by atoms with Gasteiger partial charge in [-0.15, -0.1) is 0 Å². The Bertz CT molecular complexity index is 1360. The van der Waals surface area contributed by atoms with Crippen LogP contribution in [0.1, 0.15) is 55.8 Å². The van der Waals surface area contributed by atoms with E-state index in [-0.39, 0.29) is 17.3 Å². The topological polar surface area (TPSA) is 151 Å². The summed E-state index contributed by atoms with van der Waals surface area (Å²) in [5, 5.41) is 15.1. The Hall–Kier alpha value is -4.48. The molecule has 4 N–H and O–H groups in total. The van der Waals surface area contributed by atoms with Crippen molar-refractivity contribution in [1.29, 1.82) is 0 Å². The van der Waals surface area contributed by atoms with Crippen molar-refractivity contribution < 1.29 is 9.53 Å². The second-order valence-electron chi connectivity index (χ2n) is 8.96. The standard InChI is InChI=1S/C26H34N10O2/c1-4-5-6-7-8-9-13-36-16-18(14-30-36)31-26-28-15-20(23(27)37)25(33-26)32-21-12-10-11-19(22(21)38-3)24-29-17-35(2)34-24/h10-12,14-17H,4-9,13H2,1-3H3,(H2,27,37)(H2,28,31,32,33). The van der Waals surface area contributed by atoms with Crippen LogP contribution in [0.5, 0.6) is 5.75 Å². The summed E-state index contributed by atoms with van der Waals surface area (Å²) in [5.41, 5.74) is 7.74. The molecule has 0 bridgehead atoms. The van der Waals surface area contributed by atoms with Crippen LogP contribution in [0.25, 0.3) is 11.4 Å². The highest BCUT2D eigenvalue weighted by Crippen LogP contribution is 2.36. The third kappa shape index (κ3) is 6.64. The van der Waals surface area contributed by atoms with Gasteiger partial charge in [0.15, 0.2) is 11.6 Å². The van der Waals surface area contributed by atoms with Crippen molar-refractivity contribution in [1.82, 2.24) is 34.5 Å². The number of methoxy groups -OCH3 is 1. The molecule has 0 fully saturated rings. The van der Waals surface area contributed by atoms with Crippen LogP contribution in [0.4, 0.5) is 23.1 Å². The zero-order chi connectivity index (χ0) is 26.9. The van der Waals surface area contributed by atoms with E-state index >= 15 is 0 Å². The number of carbonyl (C=O) groups excluding carboxylic acids is 1. The molecule has 12 nitrogen and oxygen atoms in total. The lowest BCUT2D eigenvalue weighted by Crippen LogP contribution is -2.16. The summed E-state index contributed by atoms with van der Waals surface area (Å²) in [6.07, 6.45) is 14.0. The van der Waals surface area contributed by atoms with Crippen molar-refractivity contribution >= 4 is 29.0 Å². The fraction of sp³-hybridized carbons (Fsp3) is 0.385. The molecule has 200 valence electrons. The third-order valence-electron chi connectivity index (χ3n) is 6.00. The predicted octanol–water partition coefficient (Wildman–Crippen LogP) is 4.42. The molecule has 0 radical (unpaired) electrons. The number of amides is 1. The van der Waals surface area contributed by atoms with E-state index in [0.29, 0.717) is 22.8 Å². The van der Waals surface area contributed by atoms with Crippen molar-refractivity contribution in [3.63, 3.8) is 0 Å². The van der Waals surface area contributed by atoms with Crippen LogP contribution in [-0.2, 0) is 13.6 Å². The van der Waals surface area contributed by atoms with Gasteiger partial charge in [-0.1, -0.05) is 45.1 Å². The van der Waals surface area contributed by atoms with Crippen LogP contribution < -0.4 is 21.1 Å². The van der Waals surface area contributed by atoms with E-state index in [1.807, 2.05) is 23.0 Å². The largest absolute Gasteiger partial charge is 0.494 e. The van der Waals surface area contributed by atoms with Gasteiger partial charge in [-0.3, -0.25) is 14.2 Å². The van der Waals surface area contributed by atoms with Crippen LogP contribution in [-0.4, -0.2) is 47.5 Å². The number of aryl methyl sites for hydroxylation is 2. The molecule has 0 saturated heterocycles. The van der Waals surface area contributed by atoms with Crippen LogP contribution in [0.2, 0.25) is 0 Å². The number of nitrogens with zero attached hydrogens (tertiary/aromatic N) is 7. The lowest BCUT2D eigenvalue weighted by Gasteiger charge is -2.15. The van der Waals surface area contributed by atoms with E-state index in [9.17, 15) is 4.79 Å². The van der Waals surface area contributed by atoms with Crippen LogP contribution >= 0.6 is 0 Å². The Balaban J connectivity index is 1.50. The number of hydrogen-bond donors (Lipinski definition) is 3. The van der Waals surface area contributed by atoms with Crippen molar-refractivity contribution in [2.24, 2.45) is 12.8 Å². The minimum atomic E-state index is -0.660. The second-order valence-corrected chi connectivity index (χ2v) is 8.96. The number of ether oxygens (including phenoxy) is 1. The minimum Gasteiger partial charge on any atom is -0.494 e. The van der Waals surface area contributed by atoms with E-state index < -0.39 is 5.91 Å². The summed E-state index contributed by atoms with van der Waals surface area (Å²) < 4.78 is 9.18. The molecule has 0 unspecified atom stereocenters. The summed E-state index contributed by atoms with van der Waals surface area (Å²) in [6, 6.07) is 5.49. The summed E-state index contributed by atoms with van der Waals surface area (Å²) in [6.45, 7) is 3.07. The van der Waals surface area contributed by atoms with E-state index in [1.165, 1.54) is 38.3 Å². The summed E-state index contributed by atoms with van der Waals surface area (Å²) in [4.78, 5) is 25.2. The molecular weight excluding hydrogens is 484 g/mol. The molecule has 4 aromatic rings. The number of anilines is 4. The molecule has 1 aromatic carbocycles. The van der Waals surface area contributed by atoms with E-state index in [4.69, 9.17) is 10.5 Å². The second kappa shape index (κ2) is 12.7. The van der Waals surface area contributed by atoms with Gasteiger partial charge in [0.1, 0.15) is 17.7 Å². The van der Waals surface area contributed by atoms with E-state index in [1.54, 1.807) is 37.4 Å². The lowest BCUT2D eigenvalue weighted by atomic mass is 10.1. The highest BCUT2D eigenvalue weighted by atomic mass is 16.5. The number of benzene rings is 1. The minimum absolute atomic E-state index is 0.137. The number of rotatable bonds is 14. The Kier molecular flexibility index (Phi) is 8.85. The van der Waals surface area contributed by atoms with Gasteiger partial charge in [-0.25, -0.2) is 9.97 Å². The molecule has 0 aliphatic carbocycles. The summed E-state index contributed by atoms with van der Waals surface area (Å²) >= 11 is 0. The van der Waals surface area contributed by atoms with Gasteiger partial charge in [0, 0.05) is 26.0 Å². The molecule has 12 heteroatoms. The first-order valence-corrected chi connectivity index (χ1v) is 12.7. The summed E-state index contributed by atoms with van der Waals surface area (Å²) in [7, 11) is 3.34. The van der Waals surface area contributed by atoms with E-state index in [0.717, 1.165) is 18.7 Å². The number of nitrogens with two attached hydrogens (primary N) is 1. The Morgan fingerprint density at radius 3 is 2.63 bits per heavy atom. The molecule has 0 saturated carbocycles. The molecule has 1 amide bonds. The van der Waals surface area contributed by atoms with Crippen molar-refractivity contribution in [3.05, 3.63) is 48.7 Å². The van der Waals surface area contributed by atoms with Gasteiger partial charge in [0.25, 0.3) is 5.91 Å². The first kappa shape index (κ1) is 26.6. The maximum atomic E-state index is 12.1. The van der Waals surface area contributed by atoms with Crippen molar-refractivity contribution in [2.75, 3.05) is 17.7 Å². The Morgan fingerprint density at radius 1 is 1.08 bits per heavy atom. The molecular formula is C26H34N10O2. The number of carbonyl (C=O) groups is 1. The van der Waals surface area contributed by atoms with Crippen LogP contribution in [0.3, 0.4) is 0 Å². The quantitative estimate of drug-likeness (QED) is 0.206. The highest BCUT2D eigenvalue weighted by Gasteiger charge is 2.18. The first-order chi connectivity index (χ1) is 18.5. The van der Waals surface area contributed by atoms with Gasteiger partial charge in [0.05, 0.1) is 30.2 Å². The number of unbranched alkanes of at least 4 members (excludes halogenated alkanes) is 5.